The lowest BCUT2D eigenvalue weighted by molar-refractivity contribution is -0.148. The number of hydrogen-bond donors (Lipinski definition) is 1. The molecule has 4 nitrogen and oxygen atoms in total. The van der Waals surface area contributed by atoms with E-state index in [1.54, 1.807) is 31.2 Å². The number of hydrogen-bond acceptors (Lipinski definition) is 4. The van der Waals surface area contributed by atoms with Gasteiger partial charge in [0, 0.05) is 6.54 Å². The highest BCUT2D eigenvalue weighted by Crippen LogP contribution is 2.17. The zero-order valence-electron chi connectivity index (χ0n) is 11.6. The first-order valence-corrected chi connectivity index (χ1v) is 6.44. The molecule has 0 amide bonds. The summed E-state index contributed by atoms with van der Waals surface area (Å²) in [6.07, 6.45) is -5.31. The molecule has 0 aliphatic heterocycles. The molecule has 1 aromatic carbocycles. The van der Waals surface area contributed by atoms with E-state index in [1.807, 2.05) is 6.07 Å². The van der Waals surface area contributed by atoms with Crippen LogP contribution in [-0.2, 0) is 0 Å². The molecule has 7 heteroatoms. The van der Waals surface area contributed by atoms with Crippen molar-refractivity contribution in [2.24, 2.45) is 0 Å². The Hall–Kier alpha value is -1.78. The van der Waals surface area contributed by atoms with Crippen molar-refractivity contribution in [3.63, 3.8) is 0 Å². The first-order valence-electron chi connectivity index (χ1n) is 6.44. The predicted octanol–water partition coefficient (Wildman–Crippen LogP) is 2.18. The third-order valence-corrected chi connectivity index (χ3v) is 2.74. The van der Waals surface area contributed by atoms with Crippen molar-refractivity contribution >= 4 is 0 Å². The molecule has 1 rings (SSSR count). The molecule has 1 atom stereocenters. The van der Waals surface area contributed by atoms with E-state index in [1.165, 1.54) is 0 Å². The second kappa shape index (κ2) is 7.86. The summed E-state index contributed by atoms with van der Waals surface area (Å²) in [6, 6.07) is 8.21. The number of nitrogens with zero attached hydrogens (tertiary/aromatic N) is 2. The number of benzene rings is 1. The number of likely N-dealkylation sites (N-methyl/N-ethyl adjacent to an activating group) is 1. The fourth-order valence-corrected chi connectivity index (χ4v) is 1.73. The van der Waals surface area contributed by atoms with Crippen LogP contribution in [0.1, 0.15) is 12.5 Å². The van der Waals surface area contributed by atoms with Crippen molar-refractivity contribution in [3.05, 3.63) is 29.8 Å². The lowest BCUT2D eigenvalue weighted by atomic mass is 10.2. The Bertz CT molecular complexity index is 469. The maximum atomic E-state index is 12.3. The maximum absolute atomic E-state index is 12.3. The Morgan fingerprint density at radius 3 is 2.43 bits per heavy atom. The predicted molar refractivity (Wildman–Crippen MR) is 70.8 cm³/mol. The monoisotopic (exact) mass is 302 g/mol. The number of alkyl halides is 3. The molecule has 0 saturated carbocycles. The lowest BCUT2D eigenvalue weighted by Crippen LogP contribution is -2.40. The van der Waals surface area contributed by atoms with Gasteiger partial charge >= 0.3 is 6.18 Å². The molecule has 0 aliphatic carbocycles. The molecule has 0 bridgehead atoms. The third kappa shape index (κ3) is 6.97. The first kappa shape index (κ1) is 17.3. The number of nitriles is 1. The van der Waals surface area contributed by atoms with Crippen molar-refractivity contribution in [2.45, 2.75) is 19.2 Å². The topological polar surface area (TPSA) is 56.5 Å². The van der Waals surface area contributed by atoms with Crippen LogP contribution in [-0.4, -0.2) is 48.5 Å². The summed E-state index contributed by atoms with van der Waals surface area (Å²) in [7, 11) is 0. The van der Waals surface area contributed by atoms with E-state index in [0.29, 0.717) is 11.3 Å². The SMILES string of the molecule is CCN(CC(O)COc1ccc(C#N)cc1)CC(F)(F)F. The van der Waals surface area contributed by atoms with Gasteiger partial charge in [0.1, 0.15) is 18.5 Å². The average Bonchev–Trinajstić information content (AvgIpc) is 2.43. The smallest absolute Gasteiger partial charge is 0.401 e. The van der Waals surface area contributed by atoms with Gasteiger partial charge in [-0.15, -0.1) is 0 Å². The number of rotatable bonds is 7. The standard InChI is InChI=1S/C14H17F3N2O2/c1-2-19(10-14(15,16)17)8-12(20)9-21-13-5-3-11(7-18)4-6-13/h3-6,12,20H,2,8-10H2,1H3. The Balaban J connectivity index is 2.41. The third-order valence-electron chi connectivity index (χ3n) is 2.74. The Labute approximate surface area is 121 Å². The summed E-state index contributed by atoms with van der Waals surface area (Å²) in [5, 5.41) is 18.4. The molecule has 1 N–H and O–H groups in total. The summed E-state index contributed by atoms with van der Waals surface area (Å²) in [5.74, 6) is 0.451. The van der Waals surface area contributed by atoms with E-state index >= 15 is 0 Å². The van der Waals surface area contributed by atoms with Crippen LogP contribution in [0.25, 0.3) is 0 Å². The van der Waals surface area contributed by atoms with E-state index in [2.05, 4.69) is 0 Å². The van der Waals surface area contributed by atoms with Crippen molar-refractivity contribution in [3.8, 4) is 11.8 Å². The fraction of sp³-hybridized carbons (Fsp3) is 0.500. The fourth-order valence-electron chi connectivity index (χ4n) is 1.73. The van der Waals surface area contributed by atoms with Gasteiger partial charge < -0.3 is 9.84 Å². The minimum atomic E-state index is -4.29. The first-order chi connectivity index (χ1) is 9.84. The summed E-state index contributed by atoms with van der Waals surface area (Å²) in [4.78, 5) is 1.10. The molecule has 0 aliphatic rings. The Morgan fingerprint density at radius 2 is 1.95 bits per heavy atom. The van der Waals surface area contributed by atoms with Crippen LogP contribution in [0, 0.1) is 11.3 Å². The molecule has 1 unspecified atom stereocenters. The van der Waals surface area contributed by atoms with Crippen LogP contribution in [0.5, 0.6) is 5.75 Å². The summed E-state index contributed by atoms with van der Waals surface area (Å²) >= 11 is 0. The van der Waals surface area contributed by atoms with E-state index < -0.39 is 18.8 Å². The van der Waals surface area contributed by atoms with Crippen LogP contribution in [0.15, 0.2) is 24.3 Å². The van der Waals surface area contributed by atoms with Gasteiger partial charge in [-0.2, -0.15) is 18.4 Å². The molecule has 0 fully saturated rings. The maximum Gasteiger partial charge on any atom is 0.401 e. The molecular weight excluding hydrogens is 285 g/mol. The van der Waals surface area contributed by atoms with E-state index in [-0.39, 0.29) is 19.7 Å². The van der Waals surface area contributed by atoms with Gasteiger partial charge in [0.05, 0.1) is 18.2 Å². The number of ether oxygens (including phenoxy) is 1. The van der Waals surface area contributed by atoms with Crippen LogP contribution in [0.2, 0.25) is 0 Å². The second-order valence-electron chi connectivity index (χ2n) is 4.54. The highest BCUT2D eigenvalue weighted by Gasteiger charge is 2.30. The van der Waals surface area contributed by atoms with Crippen molar-refractivity contribution in [2.75, 3.05) is 26.2 Å². The summed E-state index contributed by atoms with van der Waals surface area (Å²) in [5.41, 5.74) is 0.477. The van der Waals surface area contributed by atoms with Crippen LogP contribution < -0.4 is 4.74 Å². The van der Waals surface area contributed by atoms with Crippen LogP contribution >= 0.6 is 0 Å². The Morgan fingerprint density at radius 1 is 1.33 bits per heavy atom. The van der Waals surface area contributed by atoms with Gasteiger partial charge in [0.2, 0.25) is 0 Å². The van der Waals surface area contributed by atoms with E-state index in [0.717, 1.165) is 4.90 Å². The highest BCUT2D eigenvalue weighted by molar-refractivity contribution is 5.34. The van der Waals surface area contributed by atoms with E-state index in [4.69, 9.17) is 10.00 Å². The zero-order valence-corrected chi connectivity index (χ0v) is 11.6. The van der Waals surface area contributed by atoms with Crippen molar-refractivity contribution in [1.29, 1.82) is 5.26 Å². The van der Waals surface area contributed by atoms with Gasteiger partial charge in [0.15, 0.2) is 0 Å². The number of halogens is 3. The molecule has 0 saturated heterocycles. The minimum Gasteiger partial charge on any atom is -0.491 e. The van der Waals surface area contributed by atoms with Gasteiger partial charge in [0.25, 0.3) is 0 Å². The molecule has 0 heterocycles. The van der Waals surface area contributed by atoms with Gasteiger partial charge in [-0.05, 0) is 30.8 Å². The molecule has 0 radical (unpaired) electrons. The van der Waals surface area contributed by atoms with Crippen LogP contribution in [0.3, 0.4) is 0 Å². The molecule has 0 aromatic heterocycles. The number of aliphatic hydroxyl groups is 1. The molecule has 0 spiro atoms. The summed E-state index contributed by atoms with van der Waals surface area (Å²) in [6.45, 7) is 0.497. The zero-order chi connectivity index (χ0) is 15.9. The van der Waals surface area contributed by atoms with Crippen LogP contribution in [0.4, 0.5) is 13.2 Å². The quantitative estimate of drug-likeness (QED) is 0.839. The molecular formula is C14H17F3N2O2. The number of aliphatic hydroxyl groups excluding tert-OH is 1. The minimum absolute atomic E-state index is 0.111. The van der Waals surface area contributed by atoms with Crippen molar-refractivity contribution < 1.29 is 23.0 Å². The molecule has 21 heavy (non-hydrogen) atoms. The van der Waals surface area contributed by atoms with Crippen molar-refractivity contribution in [1.82, 2.24) is 4.90 Å². The van der Waals surface area contributed by atoms with Gasteiger partial charge in [-0.25, -0.2) is 0 Å². The van der Waals surface area contributed by atoms with Gasteiger partial charge in [-0.3, -0.25) is 4.90 Å². The lowest BCUT2D eigenvalue weighted by Gasteiger charge is -2.24. The summed E-state index contributed by atoms with van der Waals surface area (Å²) < 4.78 is 42.1. The average molecular weight is 302 g/mol. The second-order valence-corrected chi connectivity index (χ2v) is 4.54. The largest absolute Gasteiger partial charge is 0.491 e. The normalized spacial score (nSPS) is 13.0. The van der Waals surface area contributed by atoms with Gasteiger partial charge in [-0.1, -0.05) is 6.92 Å². The highest BCUT2D eigenvalue weighted by atomic mass is 19.4. The van der Waals surface area contributed by atoms with E-state index in [9.17, 15) is 18.3 Å². The Kier molecular flexibility index (Phi) is 6.46. The molecule has 116 valence electrons. The molecule has 1 aromatic rings.